The average molecular weight is 373 g/mol. The molecular formula is C23H36N2O2. The Hall–Kier alpha value is -1.19. The van der Waals surface area contributed by atoms with E-state index in [2.05, 4.69) is 39.9 Å². The number of rotatable bonds is 1. The third kappa shape index (κ3) is 2.98. The van der Waals surface area contributed by atoms with Crippen molar-refractivity contribution in [3.8, 4) is 0 Å². The van der Waals surface area contributed by atoms with Gasteiger partial charge in [-0.15, -0.1) is 0 Å². The standard InChI is InChI=1S/C23H36N2O2/c1-21(2,3)25-20(27)18-7-6-16-15-13-24-19-12-14(26)8-10-23(19,5)17(15)9-11-22(16,18)4/h15-18H,6-13H2,1-5H3,(H,25,27)/t15-,16-,17+,18?,22-,23+/m0/s1. The first-order valence-electron chi connectivity index (χ1n) is 10.9. The fourth-order valence-corrected chi connectivity index (χ4v) is 7.09. The molecule has 4 aliphatic rings. The van der Waals surface area contributed by atoms with Crippen LogP contribution in [0, 0.1) is 34.5 Å². The van der Waals surface area contributed by atoms with Gasteiger partial charge in [-0.1, -0.05) is 13.8 Å². The van der Waals surface area contributed by atoms with E-state index in [1.165, 1.54) is 12.1 Å². The van der Waals surface area contributed by atoms with Crippen LogP contribution in [-0.4, -0.2) is 29.5 Å². The van der Waals surface area contributed by atoms with Crippen molar-refractivity contribution in [3.63, 3.8) is 0 Å². The van der Waals surface area contributed by atoms with Gasteiger partial charge in [-0.2, -0.15) is 0 Å². The predicted molar refractivity (Wildman–Crippen MR) is 108 cm³/mol. The van der Waals surface area contributed by atoms with E-state index >= 15 is 0 Å². The number of ketones is 1. The van der Waals surface area contributed by atoms with Gasteiger partial charge in [-0.05, 0) is 76.0 Å². The van der Waals surface area contributed by atoms with Crippen molar-refractivity contribution >= 4 is 17.4 Å². The number of amides is 1. The maximum atomic E-state index is 13.0. The highest BCUT2D eigenvalue weighted by molar-refractivity contribution is 6.07. The van der Waals surface area contributed by atoms with Gasteiger partial charge < -0.3 is 5.32 Å². The van der Waals surface area contributed by atoms with Crippen molar-refractivity contribution in [2.24, 2.45) is 39.5 Å². The summed E-state index contributed by atoms with van der Waals surface area (Å²) in [5.41, 5.74) is 1.23. The van der Waals surface area contributed by atoms with Crippen molar-refractivity contribution in [3.05, 3.63) is 0 Å². The van der Waals surface area contributed by atoms with Crippen LogP contribution in [0.15, 0.2) is 4.99 Å². The average Bonchev–Trinajstić information content (AvgIpc) is 2.91. The summed E-state index contributed by atoms with van der Waals surface area (Å²) in [5.74, 6) is 2.56. The van der Waals surface area contributed by atoms with E-state index in [0.717, 1.165) is 38.6 Å². The van der Waals surface area contributed by atoms with Crippen molar-refractivity contribution < 1.29 is 9.59 Å². The van der Waals surface area contributed by atoms with E-state index in [9.17, 15) is 9.59 Å². The maximum absolute atomic E-state index is 13.0. The van der Waals surface area contributed by atoms with Crippen molar-refractivity contribution in [1.82, 2.24) is 5.32 Å². The SMILES string of the molecule is CC(C)(C)NC(=O)C1CC[C@H]2[C@@H]3CN=C4CC(=O)CC[C@]4(C)[C@@H]3CC[C@]12C. The number of aliphatic imine (C=N–C) groups is 1. The molecule has 150 valence electrons. The Morgan fingerprint density at radius 3 is 2.56 bits per heavy atom. The lowest BCUT2D eigenvalue weighted by atomic mass is 9.49. The summed E-state index contributed by atoms with van der Waals surface area (Å²) in [6.45, 7) is 11.8. The molecule has 1 N–H and O–H groups in total. The van der Waals surface area contributed by atoms with Gasteiger partial charge in [0, 0.05) is 42.0 Å². The molecule has 1 unspecified atom stereocenters. The van der Waals surface area contributed by atoms with Crippen molar-refractivity contribution in [2.45, 2.75) is 85.1 Å². The van der Waals surface area contributed by atoms with Gasteiger partial charge in [0.15, 0.2) is 0 Å². The quantitative estimate of drug-likeness (QED) is 0.751. The summed E-state index contributed by atoms with van der Waals surface area (Å²) >= 11 is 0. The topological polar surface area (TPSA) is 58.5 Å². The van der Waals surface area contributed by atoms with E-state index in [1.54, 1.807) is 0 Å². The third-order valence-corrected chi connectivity index (χ3v) is 8.51. The Kier molecular flexibility index (Phi) is 4.36. The zero-order valence-electron chi connectivity index (χ0n) is 17.7. The lowest BCUT2D eigenvalue weighted by Crippen LogP contribution is -2.55. The van der Waals surface area contributed by atoms with Crippen molar-refractivity contribution in [2.75, 3.05) is 6.54 Å². The second-order valence-electron chi connectivity index (χ2n) is 11.2. The van der Waals surface area contributed by atoms with Gasteiger partial charge in [0.2, 0.25) is 5.91 Å². The molecule has 1 aliphatic heterocycles. The molecule has 1 heterocycles. The first-order valence-corrected chi connectivity index (χ1v) is 10.9. The zero-order valence-corrected chi connectivity index (χ0v) is 17.7. The molecule has 0 aromatic heterocycles. The minimum Gasteiger partial charge on any atom is -0.351 e. The number of carbonyl (C=O) groups is 2. The van der Waals surface area contributed by atoms with Gasteiger partial charge in [-0.25, -0.2) is 0 Å². The number of hydrogen-bond acceptors (Lipinski definition) is 3. The van der Waals surface area contributed by atoms with Crippen LogP contribution in [0.2, 0.25) is 0 Å². The Morgan fingerprint density at radius 2 is 1.85 bits per heavy atom. The van der Waals surface area contributed by atoms with Crippen LogP contribution in [0.4, 0.5) is 0 Å². The smallest absolute Gasteiger partial charge is 0.224 e. The largest absolute Gasteiger partial charge is 0.351 e. The lowest BCUT2D eigenvalue weighted by Gasteiger charge is -2.56. The molecule has 0 bridgehead atoms. The summed E-state index contributed by atoms with van der Waals surface area (Å²) in [5, 5.41) is 3.24. The number of Topliss-reactive ketones (excluding diaryl/α,β-unsaturated/α-hetero) is 1. The van der Waals surface area contributed by atoms with Gasteiger partial charge in [-0.3, -0.25) is 14.6 Å². The van der Waals surface area contributed by atoms with E-state index in [1.807, 2.05) is 0 Å². The first kappa shape index (κ1) is 19.1. The van der Waals surface area contributed by atoms with Gasteiger partial charge >= 0.3 is 0 Å². The summed E-state index contributed by atoms with van der Waals surface area (Å²) in [7, 11) is 0. The van der Waals surface area contributed by atoms with Crippen LogP contribution in [0.3, 0.4) is 0 Å². The van der Waals surface area contributed by atoms with E-state index in [4.69, 9.17) is 4.99 Å². The second kappa shape index (κ2) is 6.15. The highest BCUT2D eigenvalue weighted by Crippen LogP contribution is 2.63. The molecule has 0 saturated heterocycles. The third-order valence-electron chi connectivity index (χ3n) is 8.51. The molecule has 6 atom stereocenters. The molecular weight excluding hydrogens is 336 g/mol. The minimum atomic E-state index is -0.172. The normalized spacial score (nSPS) is 44.0. The molecule has 0 aromatic rings. The molecule has 3 saturated carbocycles. The number of nitrogens with zero attached hydrogens (tertiary/aromatic N) is 1. The van der Waals surface area contributed by atoms with Crippen LogP contribution >= 0.6 is 0 Å². The first-order chi connectivity index (χ1) is 12.5. The highest BCUT2D eigenvalue weighted by atomic mass is 16.2. The van der Waals surface area contributed by atoms with Crippen LogP contribution < -0.4 is 5.32 Å². The monoisotopic (exact) mass is 372 g/mol. The van der Waals surface area contributed by atoms with Gasteiger partial charge in [0.25, 0.3) is 0 Å². The van der Waals surface area contributed by atoms with Crippen LogP contribution in [0.25, 0.3) is 0 Å². The van der Waals surface area contributed by atoms with Gasteiger partial charge in [0.05, 0.1) is 0 Å². The predicted octanol–water partition coefficient (Wildman–Crippen LogP) is 4.17. The van der Waals surface area contributed by atoms with E-state index in [0.29, 0.717) is 30.0 Å². The number of fused-ring (bicyclic) bond motifs is 5. The van der Waals surface area contributed by atoms with Crippen LogP contribution in [-0.2, 0) is 9.59 Å². The Balaban J connectivity index is 1.59. The molecule has 4 rings (SSSR count). The number of nitrogens with one attached hydrogen (secondary N) is 1. The minimum absolute atomic E-state index is 0.102. The van der Waals surface area contributed by atoms with Crippen molar-refractivity contribution in [1.29, 1.82) is 0 Å². The molecule has 4 heteroatoms. The summed E-state index contributed by atoms with van der Waals surface area (Å²) in [6.07, 6.45) is 6.76. The van der Waals surface area contributed by atoms with Crippen LogP contribution in [0.5, 0.6) is 0 Å². The summed E-state index contributed by atoms with van der Waals surface area (Å²) in [4.78, 5) is 30.0. The Labute approximate surface area is 164 Å². The van der Waals surface area contributed by atoms with E-state index in [-0.39, 0.29) is 28.2 Å². The molecule has 4 nitrogen and oxygen atoms in total. The molecule has 0 aromatic carbocycles. The highest BCUT2D eigenvalue weighted by Gasteiger charge is 2.60. The van der Waals surface area contributed by atoms with E-state index < -0.39 is 0 Å². The van der Waals surface area contributed by atoms with Crippen LogP contribution in [0.1, 0.15) is 79.6 Å². The maximum Gasteiger partial charge on any atom is 0.224 e. The fourth-order valence-electron chi connectivity index (χ4n) is 7.09. The summed E-state index contributed by atoms with van der Waals surface area (Å²) < 4.78 is 0. The molecule has 0 radical (unpaired) electrons. The number of carbonyl (C=O) groups excluding carboxylic acids is 2. The molecule has 3 aliphatic carbocycles. The Morgan fingerprint density at radius 1 is 1.11 bits per heavy atom. The number of hydrogen-bond donors (Lipinski definition) is 1. The molecule has 27 heavy (non-hydrogen) atoms. The van der Waals surface area contributed by atoms with Gasteiger partial charge in [0.1, 0.15) is 5.78 Å². The fraction of sp³-hybridized carbons (Fsp3) is 0.870. The zero-order chi connectivity index (χ0) is 19.6. The molecule has 0 spiro atoms. The second-order valence-corrected chi connectivity index (χ2v) is 11.2. The molecule has 3 fully saturated rings. The Bertz CT molecular complexity index is 691. The lowest BCUT2D eigenvalue weighted by molar-refractivity contribution is -0.133. The summed E-state index contributed by atoms with van der Waals surface area (Å²) in [6, 6.07) is 0. The molecule has 1 amide bonds.